The van der Waals surface area contributed by atoms with Crippen LogP contribution in [-0.4, -0.2) is 63.4 Å². The molecule has 1 fully saturated rings. The van der Waals surface area contributed by atoms with E-state index in [-0.39, 0.29) is 12.5 Å². The van der Waals surface area contributed by atoms with Crippen molar-refractivity contribution in [2.75, 3.05) is 46.5 Å². The lowest BCUT2D eigenvalue weighted by molar-refractivity contribution is -0.130. The van der Waals surface area contributed by atoms with E-state index in [1.54, 1.807) is 7.11 Å². The van der Waals surface area contributed by atoms with Gasteiger partial charge in [0.2, 0.25) is 6.10 Å². The number of amides is 1. The number of ether oxygens (including phenoxy) is 3. The summed E-state index contributed by atoms with van der Waals surface area (Å²) in [7, 11) is 1.73. The number of benzene rings is 1. The Morgan fingerprint density at radius 3 is 2.79 bits per heavy atom. The number of hydrogen-bond donors (Lipinski definition) is 1. The van der Waals surface area contributed by atoms with Gasteiger partial charge in [0.05, 0.1) is 6.61 Å². The third-order valence-electron chi connectivity index (χ3n) is 4.68. The highest BCUT2D eigenvalue weighted by Crippen LogP contribution is 2.30. The van der Waals surface area contributed by atoms with E-state index in [2.05, 4.69) is 10.2 Å². The van der Waals surface area contributed by atoms with E-state index in [1.165, 1.54) is 0 Å². The van der Waals surface area contributed by atoms with Crippen LogP contribution in [0, 0.1) is 5.92 Å². The molecule has 0 aromatic heterocycles. The Bertz CT molecular complexity index is 544. The fourth-order valence-corrected chi connectivity index (χ4v) is 3.14. The van der Waals surface area contributed by atoms with Gasteiger partial charge in [0.15, 0.2) is 11.5 Å². The summed E-state index contributed by atoms with van der Waals surface area (Å²) in [5, 5.41) is 3.02. The van der Waals surface area contributed by atoms with Crippen molar-refractivity contribution in [2.45, 2.75) is 18.9 Å². The minimum Gasteiger partial charge on any atom is -0.485 e. The molecule has 0 aliphatic carbocycles. The highest BCUT2D eigenvalue weighted by atomic mass is 16.6. The maximum atomic E-state index is 12.3. The van der Waals surface area contributed by atoms with Gasteiger partial charge < -0.3 is 24.4 Å². The molecule has 1 atom stereocenters. The van der Waals surface area contributed by atoms with Crippen LogP contribution >= 0.6 is 0 Å². The minimum atomic E-state index is -0.568. The Kier molecular flexibility index (Phi) is 5.93. The van der Waals surface area contributed by atoms with Gasteiger partial charge in [0, 0.05) is 20.2 Å². The smallest absolute Gasteiger partial charge is 0.264 e. The SMILES string of the molecule is COCCN1CCC(CNC(=O)C2COc3ccccc3O2)CC1. The topological polar surface area (TPSA) is 60.0 Å². The second-order valence-electron chi connectivity index (χ2n) is 6.39. The molecule has 2 heterocycles. The van der Waals surface area contributed by atoms with Gasteiger partial charge in [0.1, 0.15) is 6.61 Å². The Morgan fingerprint density at radius 2 is 2.04 bits per heavy atom. The van der Waals surface area contributed by atoms with Gasteiger partial charge in [-0.3, -0.25) is 4.79 Å². The Morgan fingerprint density at radius 1 is 1.29 bits per heavy atom. The van der Waals surface area contributed by atoms with Gasteiger partial charge in [-0.1, -0.05) is 12.1 Å². The van der Waals surface area contributed by atoms with E-state index < -0.39 is 6.10 Å². The minimum absolute atomic E-state index is 0.0914. The van der Waals surface area contributed by atoms with Crippen molar-refractivity contribution in [3.63, 3.8) is 0 Å². The molecule has 1 unspecified atom stereocenters. The lowest BCUT2D eigenvalue weighted by Crippen LogP contribution is -2.46. The summed E-state index contributed by atoms with van der Waals surface area (Å²) in [5.41, 5.74) is 0. The molecule has 0 bridgehead atoms. The van der Waals surface area contributed by atoms with Crippen molar-refractivity contribution >= 4 is 5.91 Å². The van der Waals surface area contributed by atoms with E-state index in [0.29, 0.717) is 24.0 Å². The number of piperidine rings is 1. The monoisotopic (exact) mass is 334 g/mol. The Balaban J connectivity index is 1.39. The van der Waals surface area contributed by atoms with E-state index in [0.717, 1.165) is 39.1 Å². The van der Waals surface area contributed by atoms with Crippen LogP contribution in [0.2, 0.25) is 0 Å². The van der Waals surface area contributed by atoms with Gasteiger partial charge in [-0.05, 0) is 44.0 Å². The van der Waals surface area contributed by atoms with Gasteiger partial charge in [-0.2, -0.15) is 0 Å². The number of fused-ring (bicyclic) bond motifs is 1. The molecule has 1 saturated heterocycles. The largest absolute Gasteiger partial charge is 0.485 e. The molecule has 132 valence electrons. The van der Waals surface area contributed by atoms with Crippen LogP contribution in [0.3, 0.4) is 0 Å². The third kappa shape index (κ3) is 4.39. The zero-order valence-electron chi connectivity index (χ0n) is 14.2. The quantitative estimate of drug-likeness (QED) is 0.850. The molecule has 1 aromatic rings. The zero-order chi connectivity index (χ0) is 16.8. The van der Waals surface area contributed by atoms with Gasteiger partial charge in [-0.25, -0.2) is 0 Å². The number of methoxy groups -OCH3 is 1. The maximum Gasteiger partial charge on any atom is 0.264 e. The maximum absolute atomic E-state index is 12.3. The van der Waals surface area contributed by atoms with Crippen molar-refractivity contribution in [1.82, 2.24) is 10.2 Å². The van der Waals surface area contributed by atoms with Crippen LogP contribution in [0.1, 0.15) is 12.8 Å². The molecule has 6 nitrogen and oxygen atoms in total. The number of carbonyl (C=O) groups excluding carboxylic acids is 1. The third-order valence-corrected chi connectivity index (χ3v) is 4.68. The lowest BCUT2D eigenvalue weighted by atomic mass is 9.97. The number of carbonyl (C=O) groups is 1. The van der Waals surface area contributed by atoms with Gasteiger partial charge in [-0.15, -0.1) is 0 Å². The molecule has 1 amide bonds. The van der Waals surface area contributed by atoms with E-state index in [4.69, 9.17) is 14.2 Å². The standard InChI is InChI=1S/C18H26N2O4/c1-22-11-10-20-8-6-14(7-9-20)12-19-18(21)17-13-23-15-4-2-3-5-16(15)24-17/h2-5,14,17H,6-13H2,1H3,(H,19,21). The first-order valence-electron chi connectivity index (χ1n) is 8.63. The second kappa shape index (κ2) is 8.35. The van der Waals surface area contributed by atoms with Crippen LogP contribution in [0.15, 0.2) is 24.3 Å². The number of para-hydroxylation sites is 2. The average Bonchev–Trinajstić information content (AvgIpc) is 2.65. The summed E-state index contributed by atoms with van der Waals surface area (Å²) in [6.07, 6.45) is 1.64. The van der Waals surface area contributed by atoms with Gasteiger partial charge >= 0.3 is 0 Å². The molecule has 1 aromatic carbocycles. The van der Waals surface area contributed by atoms with E-state index in [9.17, 15) is 4.79 Å². The first-order chi connectivity index (χ1) is 11.8. The number of likely N-dealkylation sites (tertiary alicyclic amines) is 1. The fourth-order valence-electron chi connectivity index (χ4n) is 3.14. The van der Waals surface area contributed by atoms with Crippen molar-refractivity contribution in [3.05, 3.63) is 24.3 Å². The van der Waals surface area contributed by atoms with Crippen molar-refractivity contribution in [1.29, 1.82) is 0 Å². The zero-order valence-corrected chi connectivity index (χ0v) is 14.2. The van der Waals surface area contributed by atoms with Gasteiger partial charge in [0.25, 0.3) is 5.91 Å². The highest BCUT2D eigenvalue weighted by Gasteiger charge is 2.28. The number of rotatable bonds is 6. The van der Waals surface area contributed by atoms with Crippen LogP contribution < -0.4 is 14.8 Å². The van der Waals surface area contributed by atoms with Crippen molar-refractivity contribution in [2.24, 2.45) is 5.92 Å². The molecule has 24 heavy (non-hydrogen) atoms. The van der Waals surface area contributed by atoms with Crippen LogP contribution in [-0.2, 0) is 9.53 Å². The number of hydrogen-bond acceptors (Lipinski definition) is 5. The molecule has 0 radical (unpaired) electrons. The number of nitrogens with zero attached hydrogens (tertiary/aromatic N) is 1. The Hall–Kier alpha value is -1.79. The normalized spacial score (nSPS) is 21.5. The predicted molar refractivity (Wildman–Crippen MR) is 90.4 cm³/mol. The van der Waals surface area contributed by atoms with Crippen molar-refractivity contribution < 1.29 is 19.0 Å². The molecule has 1 N–H and O–H groups in total. The summed E-state index contributed by atoms with van der Waals surface area (Å²) < 4.78 is 16.5. The summed E-state index contributed by atoms with van der Waals surface area (Å²) in [6.45, 7) is 4.88. The summed E-state index contributed by atoms with van der Waals surface area (Å²) in [4.78, 5) is 14.7. The first-order valence-corrected chi connectivity index (χ1v) is 8.63. The first kappa shape index (κ1) is 17.0. The summed E-state index contributed by atoms with van der Waals surface area (Å²) in [6, 6.07) is 7.44. The van der Waals surface area contributed by atoms with Crippen LogP contribution in [0.4, 0.5) is 0 Å². The molecule has 0 spiro atoms. The fraction of sp³-hybridized carbons (Fsp3) is 0.611. The molecule has 2 aliphatic rings. The molecule has 2 aliphatic heterocycles. The van der Waals surface area contributed by atoms with Crippen LogP contribution in [0.25, 0.3) is 0 Å². The highest BCUT2D eigenvalue weighted by molar-refractivity contribution is 5.81. The summed E-state index contributed by atoms with van der Waals surface area (Å²) in [5.74, 6) is 1.77. The van der Waals surface area contributed by atoms with Crippen molar-refractivity contribution in [3.8, 4) is 11.5 Å². The lowest BCUT2D eigenvalue weighted by Gasteiger charge is -2.32. The summed E-state index contributed by atoms with van der Waals surface area (Å²) >= 11 is 0. The van der Waals surface area contributed by atoms with E-state index >= 15 is 0 Å². The Labute approximate surface area is 143 Å². The molecular formula is C18H26N2O4. The van der Waals surface area contributed by atoms with Crippen LogP contribution in [0.5, 0.6) is 11.5 Å². The predicted octanol–water partition coefficient (Wildman–Crippen LogP) is 1.30. The second-order valence-corrected chi connectivity index (χ2v) is 6.39. The number of nitrogens with one attached hydrogen (secondary N) is 1. The molecule has 0 saturated carbocycles. The molecular weight excluding hydrogens is 308 g/mol. The molecule has 6 heteroatoms. The average molecular weight is 334 g/mol. The van der Waals surface area contributed by atoms with E-state index in [1.807, 2.05) is 24.3 Å². The molecule has 3 rings (SSSR count).